The van der Waals surface area contributed by atoms with Crippen LogP contribution in [0.3, 0.4) is 0 Å². The van der Waals surface area contributed by atoms with Crippen LogP contribution >= 0.6 is 0 Å². The molecule has 2 rings (SSSR count). The third-order valence-corrected chi connectivity index (χ3v) is 4.88. The molecule has 0 aromatic carbocycles. The fourth-order valence-corrected chi connectivity index (χ4v) is 3.57. The van der Waals surface area contributed by atoms with Crippen LogP contribution in [0.1, 0.15) is 41.0 Å². The summed E-state index contributed by atoms with van der Waals surface area (Å²) in [6, 6.07) is 0. The molecule has 0 bridgehead atoms. The molecular weight excluding hydrogens is 456 g/mol. The number of rotatable bonds is 9. The van der Waals surface area contributed by atoms with E-state index in [0.29, 0.717) is 0 Å². The third-order valence-electron chi connectivity index (χ3n) is 4.88. The molecule has 34 heavy (non-hydrogen) atoms. The van der Waals surface area contributed by atoms with Gasteiger partial charge in [-0.3, -0.25) is 19.2 Å². The van der Waals surface area contributed by atoms with Gasteiger partial charge in [-0.2, -0.15) is 0 Å². The maximum atomic E-state index is 11.8. The number of Topliss-reactive ketones (excluding diaryl/α,β-unsaturated/α-hetero) is 1. The second-order valence-corrected chi connectivity index (χ2v) is 7.85. The van der Waals surface area contributed by atoms with Gasteiger partial charge in [-0.25, -0.2) is 0 Å². The van der Waals surface area contributed by atoms with Gasteiger partial charge in [0, 0.05) is 32.8 Å². The van der Waals surface area contributed by atoms with Crippen LogP contribution in [-0.4, -0.2) is 83.6 Å². The molecule has 1 aliphatic heterocycles. The van der Waals surface area contributed by atoms with Crippen molar-refractivity contribution in [3.05, 3.63) is 23.5 Å². The summed E-state index contributed by atoms with van der Waals surface area (Å²) in [5.74, 6) is -2.34. The number of allylic oxidation sites excluding steroid dienone is 2. The Balaban J connectivity index is 2.42. The van der Waals surface area contributed by atoms with Crippen molar-refractivity contribution in [1.29, 1.82) is 0 Å². The van der Waals surface area contributed by atoms with Crippen LogP contribution in [0.4, 0.5) is 0 Å². The highest BCUT2D eigenvalue weighted by Gasteiger charge is 2.53. The third kappa shape index (κ3) is 7.62. The van der Waals surface area contributed by atoms with E-state index >= 15 is 0 Å². The van der Waals surface area contributed by atoms with E-state index in [-0.39, 0.29) is 30.1 Å². The summed E-state index contributed by atoms with van der Waals surface area (Å²) in [6.45, 7) is 5.76. The lowest BCUT2D eigenvalue weighted by Crippen LogP contribution is -2.63. The first-order valence-corrected chi connectivity index (χ1v) is 10.6. The maximum Gasteiger partial charge on any atom is 0.303 e. The van der Waals surface area contributed by atoms with Crippen LogP contribution in [0, 0.1) is 0 Å². The molecule has 190 valence electrons. The van der Waals surface area contributed by atoms with Crippen LogP contribution in [0.5, 0.6) is 0 Å². The molecule has 2 aliphatic rings. The molecule has 0 saturated carbocycles. The Labute approximate surface area is 196 Å². The summed E-state index contributed by atoms with van der Waals surface area (Å²) >= 11 is 0. The van der Waals surface area contributed by atoms with Gasteiger partial charge in [0.2, 0.25) is 12.4 Å². The summed E-state index contributed by atoms with van der Waals surface area (Å²) in [4.78, 5) is 47.1. The molecule has 2 N–H and O–H groups in total. The Morgan fingerprint density at radius 3 is 2.03 bits per heavy atom. The second kappa shape index (κ2) is 12.1. The van der Waals surface area contributed by atoms with Crippen molar-refractivity contribution in [2.24, 2.45) is 0 Å². The first-order valence-electron chi connectivity index (χ1n) is 10.6. The second-order valence-electron chi connectivity index (χ2n) is 7.85. The minimum atomic E-state index is -1.38. The predicted molar refractivity (Wildman–Crippen MR) is 112 cm³/mol. The monoisotopic (exact) mass is 486 g/mol. The molecule has 0 amide bonds. The summed E-state index contributed by atoms with van der Waals surface area (Å²) in [5.41, 5.74) is 0.198. The molecule has 0 aromatic rings. The first kappa shape index (κ1) is 27.4. The summed E-state index contributed by atoms with van der Waals surface area (Å²) in [7, 11) is 0. The average molecular weight is 486 g/mol. The number of ether oxygens (including phenoxy) is 6. The normalized spacial score (nSPS) is 29.7. The summed E-state index contributed by atoms with van der Waals surface area (Å²) in [6.07, 6.45) is -5.99. The zero-order valence-electron chi connectivity index (χ0n) is 19.6. The number of aliphatic hydroxyl groups excluding tert-OH is 2. The quantitative estimate of drug-likeness (QED) is 0.256. The first-order chi connectivity index (χ1) is 15.9. The molecule has 0 radical (unpaired) electrons. The number of hydrogen-bond donors (Lipinski definition) is 2. The largest absolute Gasteiger partial charge is 0.465 e. The van der Waals surface area contributed by atoms with E-state index in [1.54, 1.807) is 0 Å². The van der Waals surface area contributed by atoms with Gasteiger partial charge in [-0.05, 0) is 26.0 Å². The molecule has 7 atom stereocenters. The van der Waals surface area contributed by atoms with Crippen LogP contribution in [0.15, 0.2) is 23.5 Å². The fourth-order valence-electron chi connectivity index (χ4n) is 3.57. The van der Waals surface area contributed by atoms with Crippen LogP contribution in [-0.2, 0) is 47.6 Å². The molecule has 1 aliphatic carbocycles. The highest BCUT2D eigenvalue weighted by Crippen LogP contribution is 2.32. The summed E-state index contributed by atoms with van der Waals surface area (Å²) < 4.78 is 32.9. The molecular formula is C22H30O12. The van der Waals surface area contributed by atoms with Crippen LogP contribution in [0.2, 0.25) is 0 Å². The number of aliphatic hydroxyl groups is 2. The van der Waals surface area contributed by atoms with Gasteiger partial charge in [0.15, 0.2) is 24.3 Å². The van der Waals surface area contributed by atoms with Crippen LogP contribution < -0.4 is 0 Å². The highest BCUT2D eigenvalue weighted by molar-refractivity contribution is 5.94. The molecule has 1 saturated heterocycles. The Morgan fingerprint density at radius 2 is 1.53 bits per heavy atom. The Kier molecular flexibility index (Phi) is 9.74. The zero-order valence-corrected chi connectivity index (χ0v) is 19.6. The standard InChI is InChI=1S/C22H30O12/c1-10(23)16-7-6-15(8-17(16)28)33-22-21(32-14(5)27)20(31-13(4)26)19(30-12(3)25)18(34-22)9-29-11(2)24/h6-7,11,17-22,24,28H,8-9H2,1-5H3/t11?,17?,18?,19-,20?,21-,22?/m1/s1. The number of hydrogen-bond acceptors (Lipinski definition) is 12. The molecule has 0 aromatic heterocycles. The van der Waals surface area contributed by atoms with Crippen LogP contribution in [0.25, 0.3) is 0 Å². The highest BCUT2D eigenvalue weighted by atomic mass is 16.7. The van der Waals surface area contributed by atoms with Crippen molar-refractivity contribution < 1.29 is 57.8 Å². The van der Waals surface area contributed by atoms with E-state index in [1.165, 1.54) is 26.0 Å². The smallest absolute Gasteiger partial charge is 0.303 e. The molecule has 5 unspecified atom stereocenters. The van der Waals surface area contributed by atoms with Gasteiger partial charge in [-0.15, -0.1) is 0 Å². The number of esters is 3. The van der Waals surface area contributed by atoms with Crippen molar-refractivity contribution in [2.75, 3.05) is 6.61 Å². The van der Waals surface area contributed by atoms with E-state index in [2.05, 4.69) is 0 Å². The number of carbonyl (C=O) groups excluding carboxylic acids is 4. The topological polar surface area (TPSA) is 164 Å². The minimum absolute atomic E-state index is 0.0709. The SMILES string of the molecule is CC(=O)OC1[C@H](OC(C)=O)C(COC(C)O)OC(OC2=CC=C(C(C)=O)C(O)C2)[C@@H]1OC(C)=O. The minimum Gasteiger partial charge on any atom is -0.465 e. The van der Waals surface area contributed by atoms with Crippen molar-refractivity contribution in [1.82, 2.24) is 0 Å². The van der Waals surface area contributed by atoms with Crippen molar-refractivity contribution in [3.63, 3.8) is 0 Å². The van der Waals surface area contributed by atoms with E-state index < -0.39 is 61.0 Å². The van der Waals surface area contributed by atoms with Gasteiger partial charge in [0.05, 0.1) is 12.7 Å². The van der Waals surface area contributed by atoms with Crippen molar-refractivity contribution >= 4 is 23.7 Å². The van der Waals surface area contributed by atoms with E-state index in [4.69, 9.17) is 28.4 Å². The van der Waals surface area contributed by atoms with Gasteiger partial charge < -0.3 is 38.6 Å². The maximum absolute atomic E-state index is 11.8. The van der Waals surface area contributed by atoms with E-state index in [1.807, 2.05) is 0 Å². The lowest BCUT2D eigenvalue weighted by atomic mass is 9.96. The van der Waals surface area contributed by atoms with Gasteiger partial charge in [0.25, 0.3) is 0 Å². The molecule has 0 spiro atoms. The summed E-state index contributed by atoms with van der Waals surface area (Å²) in [5, 5.41) is 19.8. The van der Waals surface area contributed by atoms with Crippen molar-refractivity contribution in [2.45, 2.75) is 84.1 Å². The predicted octanol–water partition coefficient (Wildman–Crippen LogP) is 0.0418. The Hall–Kier alpha value is -2.80. The van der Waals surface area contributed by atoms with Gasteiger partial charge in [0.1, 0.15) is 11.9 Å². The molecule has 1 heterocycles. The Morgan fingerprint density at radius 1 is 0.971 bits per heavy atom. The van der Waals surface area contributed by atoms with Gasteiger partial charge in [-0.1, -0.05) is 0 Å². The number of carbonyl (C=O) groups is 4. The van der Waals surface area contributed by atoms with E-state index in [9.17, 15) is 29.4 Å². The molecule has 1 fully saturated rings. The lowest BCUT2D eigenvalue weighted by Gasteiger charge is -2.44. The number of ketones is 1. The average Bonchev–Trinajstić information content (AvgIpc) is 2.69. The fraction of sp³-hybridized carbons (Fsp3) is 0.636. The van der Waals surface area contributed by atoms with Crippen molar-refractivity contribution in [3.8, 4) is 0 Å². The molecule has 12 heteroatoms. The van der Waals surface area contributed by atoms with Gasteiger partial charge >= 0.3 is 17.9 Å². The Bertz CT molecular complexity index is 845. The zero-order chi connectivity index (χ0) is 25.6. The lowest BCUT2D eigenvalue weighted by molar-refractivity contribution is -0.305. The van der Waals surface area contributed by atoms with E-state index in [0.717, 1.165) is 20.8 Å². The molecule has 12 nitrogen and oxygen atoms in total.